The zero-order valence-electron chi connectivity index (χ0n) is 14.5. The molecule has 6 nitrogen and oxygen atoms in total. The molecule has 1 aromatic carbocycles. The van der Waals surface area contributed by atoms with Crippen LogP contribution in [0.25, 0.3) is 0 Å². The van der Waals surface area contributed by atoms with Crippen molar-refractivity contribution in [3.05, 3.63) is 64.9 Å². The van der Waals surface area contributed by atoms with E-state index in [1.165, 1.54) is 30.1 Å². The quantitative estimate of drug-likeness (QED) is 0.284. The smallest absolute Gasteiger partial charge is 0.416 e. The third-order valence-electron chi connectivity index (χ3n) is 4.62. The van der Waals surface area contributed by atoms with Crippen LogP contribution in [0.4, 0.5) is 23.2 Å². The van der Waals surface area contributed by atoms with E-state index in [0.717, 1.165) is 24.4 Å². The van der Waals surface area contributed by atoms with Crippen LogP contribution in [-0.4, -0.2) is 30.3 Å². The Labute approximate surface area is 157 Å². The van der Waals surface area contributed by atoms with Crippen molar-refractivity contribution in [3.8, 4) is 0 Å². The summed E-state index contributed by atoms with van der Waals surface area (Å²) < 4.78 is 52.0. The second kappa shape index (κ2) is 7.10. The van der Waals surface area contributed by atoms with Crippen LogP contribution in [0, 0.1) is 17.1 Å². The first kappa shape index (κ1) is 19.6. The number of aromatic nitrogens is 1. The number of benzene rings is 1. The van der Waals surface area contributed by atoms with Crippen molar-refractivity contribution >= 4 is 17.5 Å². The Bertz CT molecular complexity index is 915. The Morgan fingerprint density at radius 3 is 2.50 bits per heavy atom. The summed E-state index contributed by atoms with van der Waals surface area (Å²) in [5, 5.41) is 13.5. The zero-order valence-corrected chi connectivity index (χ0v) is 14.5. The summed E-state index contributed by atoms with van der Waals surface area (Å²) in [4.78, 5) is 26.3. The number of pyridine rings is 1. The minimum Gasteiger partial charge on any atom is -0.617 e. The van der Waals surface area contributed by atoms with E-state index in [2.05, 4.69) is 5.32 Å². The lowest BCUT2D eigenvalue weighted by Crippen LogP contribution is -2.36. The molecule has 2 heterocycles. The number of halogens is 4. The summed E-state index contributed by atoms with van der Waals surface area (Å²) in [5.41, 5.74) is -0.865. The normalized spacial score (nSPS) is 19.8. The molecule has 0 saturated carbocycles. The third-order valence-corrected chi connectivity index (χ3v) is 4.62. The Hall–Kier alpha value is -3.17. The number of likely N-dealkylation sites (tertiary alicyclic amines) is 1. The lowest BCUT2D eigenvalue weighted by Gasteiger charge is -2.17. The number of hydrogen-bond donors (Lipinski definition) is 1. The van der Waals surface area contributed by atoms with Crippen LogP contribution in [0.3, 0.4) is 0 Å². The lowest BCUT2D eigenvalue weighted by atomic mass is 9.87. The first-order valence-electron chi connectivity index (χ1n) is 8.20. The molecule has 3 rings (SSSR count). The van der Waals surface area contributed by atoms with Gasteiger partial charge in [-0.1, -0.05) is 12.1 Å². The molecule has 148 valence electrons. The highest BCUT2D eigenvalue weighted by Gasteiger charge is 2.44. The van der Waals surface area contributed by atoms with Crippen molar-refractivity contribution in [1.82, 2.24) is 4.90 Å². The van der Waals surface area contributed by atoms with Crippen LogP contribution in [0.2, 0.25) is 0 Å². The summed E-state index contributed by atoms with van der Waals surface area (Å²) >= 11 is 0. The van der Waals surface area contributed by atoms with Crippen molar-refractivity contribution in [1.29, 1.82) is 0 Å². The van der Waals surface area contributed by atoms with Gasteiger partial charge in [0.15, 0.2) is 6.20 Å². The highest BCUT2D eigenvalue weighted by atomic mass is 19.4. The number of likely N-dealkylation sites (N-methyl/N-ethyl adjacent to an activating group) is 1. The maximum absolute atomic E-state index is 13.8. The molecular formula is C18H15F4N3O3. The fourth-order valence-electron chi connectivity index (χ4n) is 3.19. The fraction of sp³-hybridized carbons (Fsp3) is 0.278. The molecular weight excluding hydrogens is 382 g/mol. The average Bonchev–Trinajstić information content (AvgIpc) is 2.93. The molecule has 2 amide bonds. The van der Waals surface area contributed by atoms with Crippen molar-refractivity contribution in [2.24, 2.45) is 5.92 Å². The van der Waals surface area contributed by atoms with Crippen LogP contribution >= 0.6 is 0 Å². The van der Waals surface area contributed by atoms with E-state index in [4.69, 9.17) is 0 Å². The Kier molecular flexibility index (Phi) is 4.97. The van der Waals surface area contributed by atoms with Crippen molar-refractivity contribution < 1.29 is 31.9 Å². The second-order valence-corrected chi connectivity index (χ2v) is 6.45. The molecule has 0 aliphatic carbocycles. The summed E-state index contributed by atoms with van der Waals surface area (Å²) in [6.07, 6.45) is -3.60. The second-order valence-electron chi connectivity index (χ2n) is 6.45. The zero-order chi connectivity index (χ0) is 20.6. The van der Waals surface area contributed by atoms with E-state index in [9.17, 15) is 32.4 Å². The van der Waals surface area contributed by atoms with Crippen molar-refractivity contribution in [3.63, 3.8) is 0 Å². The molecule has 1 saturated heterocycles. The predicted molar refractivity (Wildman–Crippen MR) is 89.3 cm³/mol. The molecule has 0 unspecified atom stereocenters. The van der Waals surface area contributed by atoms with E-state index in [1.807, 2.05) is 0 Å². The molecule has 0 spiro atoms. The third kappa shape index (κ3) is 3.62. The van der Waals surface area contributed by atoms with E-state index >= 15 is 0 Å². The number of hydrogen-bond acceptors (Lipinski definition) is 3. The number of rotatable bonds is 3. The van der Waals surface area contributed by atoms with Gasteiger partial charge < -0.3 is 15.4 Å². The molecule has 10 heteroatoms. The van der Waals surface area contributed by atoms with E-state index in [-0.39, 0.29) is 11.3 Å². The molecule has 1 aliphatic rings. The monoisotopic (exact) mass is 397 g/mol. The summed E-state index contributed by atoms with van der Waals surface area (Å²) in [6.45, 7) is 0.112. The molecule has 1 aliphatic heterocycles. The van der Waals surface area contributed by atoms with Crippen LogP contribution in [0.1, 0.15) is 17.0 Å². The standard InChI is InChI=1S/C18H15F4N3O3/c1-24-9-12(10-4-6-11(7-5-10)18(20,21)22)14(17(24)27)16(26)23-13-3-2-8-25(28)15(13)19/h2-8,12,14H,9H2,1H3,(H,23,26)/t12-,14+/m1/s1. The fourth-order valence-corrected chi connectivity index (χ4v) is 3.19. The van der Waals surface area contributed by atoms with E-state index in [1.54, 1.807) is 0 Å². The predicted octanol–water partition coefficient (Wildman–Crippen LogP) is 2.29. The van der Waals surface area contributed by atoms with Gasteiger partial charge in [-0.25, -0.2) is 0 Å². The van der Waals surface area contributed by atoms with Gasteiger partial charge >= 0.3 is 12.1 Å². The van der Waals surface area contributed by atoms with Crippen molar-refractivity contribution in [2.45, 2.75) is 12.1 Å². The van der Waals surface area contributed by atoms with Gasteiger partial charge in [-0.15, -0.1) is 9.12 Å². The highest BCUT2D eigenvalue weighted by Crippen LogP contribution is 2.36. The van der Waals surface area contributed by atoms with Gasteiger partial charge in [0.1, 0.15) is 11.6 Å². The Morgan fingerprint density at radius 1 is 1.25 bits per heavy atom. The topological polar surface area (TPSA) is 76.3 Å². The maximum atomic E-state index is 13.8. The first-order valence-corrected chi connectivity index (χ1v) is 8.20. The minimum atomic E-state index is -4.50. The number of carbonyl (C=O) groups excluding carboxylic acids is 2. The van der Waals surface area contributed by atoms with Gasteiger partial charge in [0.2, 0.25) is 11.8 Å². The molecule has 1 fully saturated rings. The lowest BCUT2D eigenvalue weighted by molar-refractivity contribution is -0.636. The first-order chi connectivity index (χ1) is 13.1. The molecule has 0 bridgehead atoms. The Balaban J connectivity index is 1.88. The number of alkyl halides is 3. The molecule has 1 N–H and O–H groups in total. The van der Waals surface area contributed by atoms with E-state index < -0.39 is 47.0 Å². The van der Waals surface area contributed by atoms with Crippen molar-refractivity contribution in [2.75, 3.05) is 18.9 Å². The summed E-state index contributed by atoms with van der Waals surface area (Å²) in [7, 11) is 1.46. The number of nitrogens with zero attached hydrogens (tertiary/aromatic N) is 2. The largest absolute Gasteiger partial charge is 0.617 e. The molecule has 2 atom stereocenters. The van der Waals surface area contributed by atoms with Crippen LogP contribution in [-0.2, 0) is 15.8 Å². The number of amides is 2. The van der Waals surface area contributed by atoms with Crippen LogP contribution in [0.5, 0.6) is 0 Å². The van der Waals surface area contributed by atoms with Gasteiger partial charge in [-0.05, 0) is 23.8 Å². The van der Waals surface area contributed by atoms with Gasteiger partial charge in [-0.3, -0.25) is 9.59 Å². The molecule has 2 aromatic rings. The number of nitrogens with one attached hydrogen (secondary N) is 1. The van der Waals surface area contributed by atoms with Gasteiger partial charge in [-0.2, -0.15) is 13.2 Å². The van der Waals surface area contributed by atoms with Crippen LogP contribution < -0.4 is 10.0 Å². The molecule has 0 radical (unpaired) electrons. The maximum Gasteiger partial charge on any atom is 0.416 e. The Morgan fingerprint density at radius 2 is 1.89 bits per heavy atom. The van der Waals surface area contributed by atoms with E-state index in [0.29, 0.717) is 5.56 Å². The molecule has 28 heavy (non-hydrogen) atoms. The number of carbonyl (C=O) groups is 2. The van der Waals surface area contributed by atoms with Gasteiger partial charge in [0, 0.05) is 25.6 Å². The van der Waals surface area contributed by atoms with Gasteiger partial charge in [0.25, 0.3) is 0 Å². The molecule has 1 aromatic heterocycles. The average molecular weight is 397 g/mol. The SMILES string of the molecule is CN1C[C@H](c2ccc(C(F)(F)F)cc2)[C@@H](C(=O)Nc2ccc[n+]([O-])c2F)C1=O. The van der Waals surface area contributed by atoms with Gasteiger partial charge in [0.05, 0.1) is 5.56 Å². The summed E-state index contributed by atoms with van der Waals surface area (Å²) in [6, 6.07) is 6.58. The number of anilines is 1. The van der Waals surface area contributed by atoms with Crippen LogP contribution in [0.15, 0.2) is 42.6 Å². The summed E-state index contributed by atoms with van der Waals surface area (Å²) in [5.74, 6) is -4.61. The highest BCUT2D eigenvalue weighted by molar-refractivity contribution is 6.08. The minimum absolute atomic E-state index is 0.0778.